The lowest BCUT2D eigenvalue weighted by atomic mass is 10.2. The van der Waals surface area contributed by atoms with Crippen molar-refractivity contribution in [2.45, 2.75) is 37.6 Å². The number of rotatable bonds is 7. The Bertz CT molecular complexity index is 1300. The lowest BCUT2D eigenvalue weighted by Gasteiger charge is -2.26. The molecule has 0 radical (unpaired) electrons. The zero-order valence-electron chi connectivity index (χ0n) is 18.6. The molecule has 3 rings (SSSR count). The normalized spacial score (nSPS) is 14.4. The summed E-state index contributed by atoms with van der Waals surface area (Å²) in [4.78, 5) is 47.4. The van der Waals surface area contributed by atoms with Gasteiger partial charge in [-0.15, -0.1) is 0 Å². The van der Waals surface area contributed by atoms with Crippen LogP contribution < -0.4 is 10.9 Å². The molecule has 0 aliphatic carbocycles. The van der Waals surface area contributed by atoms with Gasteiger partial charge in [-0.05, 0) is 37.5 Å². The third-order valence-corrected chi connectivity index (χ3v) is 7.33. The third-order valence-electron chi connectivity index (χ3n) is 5.44. The fourth-order valence-electron chi connectivity index (χ4n) is 3.59. The van der Waals surface area contributed by atoms with Crippen LogP contribution in [0.15, 0.2) is 40.2 Å². The fourth-order valence-corrected chi connectivity index (χ4v) is 5.13. The maximum atomic E-state index is 13.0. The van der Waals surface area contributed by atoms with E-state index in [1.54, 1.807) is 13.0 Å². The molecule has 0 spiro atoms. The highest BCUT2D eigenvalue weighted by molar-refractivity contribution is 7.89. The predicted molar refractivity (Wildman–Crippen MR) is 121 cm³/mol. The summed E-state index contributed by atoms with van der Waals surface area (Å²) in [6.07, 6.45) is 3.37. The minimum Gasteiger partial charge on any atom is -0.465 e. The molecule has 0 atom stereocenters. The zero-order chi connectivity index (χ0) is 25.0. The highest BCUT2D eigenvalue weighted by atomic mass is 32.2. The van der Waals surface area contributed by atoms with E-state index in [0.29, 0.717) is 18.7 Å². The van der Waals surface area contributed by atoms with E-state index in [4.69, 9.17) is 0 Å². The number of benzene rings is 1. The van der Waals surface area contributed by atoms with Crippen LogP contribution in [0.1, 0.15) is 35.2 Å². The number of nitrogens with zero attached hydrogens (tertiary/aromatic N) is 3. The van der Waals surface area contributed by atoms with E-state index in [-0.39, 0.29) is 10.6 Å². The number of methoxy groups -OCH3 is 1. The molecule has 1 amide bonds. The fraction of sp³-hybridized carbons (Fsp3) is 0.381. The number of esters is 1. The summed E-state index contributed by atoms with van der Waals surface area (Å²) in [5, 5.41) is 13.7. The van der Waals surface area contributed by atoms with Gasteiger partial charge in [0.2, 0.25) is 15.9 Å². The van der Waals surface area contributed by atoms with E-state index in [0.717, 1.165) is 43.2 Å². The van der Waals surface area contributed by atoms with Gasteiger partial charge in [-0.3, -0.25) is 24.3 Å². The van der Waals surface area contributed by atoms with Crippen LogP contribution in [0, 0.1) is 17.0 Å². The van der Waals surface area contributed by atoms with Gasteiger partial charge in [-0.25, -0.2) is 13.2 Å². The van der Waals surface area contributed by atoms with Crippen molar-refractivity contribution in [2.24, 2.45) is 0 Å². The highest BCUT2D eigenvalue weighted by Gasteiger charge is 2.27. The second kappa shape index (κ2) is 10.1. The number of pyridine rings is 1. The summed E-state index contributed by atoms with van der Waals surface area (Å²) < 4.78 is 32.5. The molecule has 0 unspecified atom stereocenters. The van der Waals surface area contributed by atoms with E-state index in [2.05, 4.69) is 10.1 Å². The number of nitrogens with one attached hydrogen (secondary N) is 1. The van der Waals surface area contributed by atoms with Gasteiger partial charge in [0, 0.05) is 24.8 Å². The number of piperidine rings is 1. The first kappa shape index (κ1) is 25.1. The summed E-state index contributed by atoms with van der Waals surface area (Å²) in [6, 6.07) is 5.14. The summed E-state index contributed by atoms with van der Waals surface area (Å²) >= 11 is 0. The number of amides is 1. The van der Waals surface area contributed by atoms with Crippen molar-refractivity contribution >= 4 is 33.3 Å². The van der Waals surface area contributed by atoms with Crippen molar-refractivity contribution in [2.75, 3.05) is 25.5 Å². The Morgan fingerprint density at radius 2 is 1.85 bits per heavy atom. The standard InChI is InChI=1S/C21H24N4O8S/c1-14-6-7-16(34(31,32)24-8-4-3-5-9-24)11-18(14)22-19(26)13-23-12-15(25(29)30)10-17(20(23)27)21(28)33-2/h6-7,10-12H,3-5,8-9,13H2,1-2H3,(H,22,26). The third kappa shape index (κ3) is 5.31. The van der Waals surface area contributed by atoms with Crippen LogP contribution in [-0.4, -0.2) is 54.3 Å². The molecule has 1 N–H and O–H groups in total. The van der Waals surface area contributed by atoms with Crippen molar-refractivity contribution < 1.29 is 27.7 Å². The van der Waals surface area contributed by atoms with Crippen LogP contribution in [0.4, 0.5) is 11.4 Å². The van der Waals surface area contributed by atoms with Crippen LogP contribution in [0.3, 0.4) is 0 Å². The molecule has 1 aliphatic rings. The largest absolute Gasteiger partial charge is 0.465 e. The quantitative estimate of drug-likeness (QED) is 0.347. The molecule has 12 nitrogen and oxygen atoms in total. The van der Waals surface area contributed by atoms with Crippen molar-refractivity contribution in [1.29, 1.82) is 0 Å². The second-order valence-electron chi connectivity index (χ2n) is 7.78. The number of carbonyl (C=O) groups excluding carboxylic acids is 2. The first-order valence-corrected chi connectivity index (χ1v) is 11.9. The summed E-state index contributed by atoms with van der Waals surface area (Å²) in [5.74, 6) is -1.82. The molecular weight excluding hydrogens is 468 g/mol. The van der Waals surface area contributed by atoms with E-state index in [1.807, 2.05) is 0 Å². The molecule has 1 fully saturated rings. The van der Waals surface area contributed by atoms with Crippen molar-refractivity contribution in [1.82, 2.24) is 8.87 Å². The number of carbonyl (C=O) groups is 2. The number of ether oxygens (including phenoxy) is 1. The molecule has 1 aromatic heterocycles. The molecule has 1 aromatic carbocycles. The summed E-state index contributed by atoms with van der Waals surface area (Å²) in [7, 11) is -2.72. The number of aryl methyl sites for hydroxylation is 1. The van der Waals surface area contributed by atoms with Crippen LogP contribution in [0.5, 0.6) is 0 Å². The minimum atomic E-state index is -3.74. The zero-order valence-corrected chi connectivity index (χ0v) is 19.5. The first-order chi connectivity index (χ1) is 16.0. The molecule has 2 aromatic rings. The van der Waals surface area contributed by atoms with Gasteiger partial charge in [0.1, 0.15) is 12.1 Å². The lowest BCUT2D eigenvalue weighted by Crippen LogP contribution is -2.35. The average Bonchev–Trinajstić information content (AvgIpc) is 2.81. The van der Waals surface area contributed by atoms with E-state index in [9.17, 15) is 32.9 Å². The maximum Gasteiger partial charge on any atom is 0.343 e. The molecule has 2 heterocycles. The maximum absolute atomic E-state index is 13.0. The molecule has 1 saturated heterocycles. The number of sulfonamides is 1. The monoisotopic (exact) mass is 492 g/mol. The molecule has 1 aliphatic heterocycles. The SMILES string of the molecule is COC(=O)c1cc([N+](=O)[O-])cn(CC(=O)Nc2cc(S(=O)(=O)N3CCCCC3)ccc2C)c1=O. The van der Waals surface area contributed by atoms with Crippen LogP contribution in [-0.2, 0) is 26.1 Å². The van der Waals surface area contributed by atoms with E-state index >= 15 is 0 Å². The Hall–Kier alpha value is -3.58. The minimum absolute atomic E-state index is 0.0239. The van der Waals surface area contributed by atoms with E-state index in [1.165, 1.54) is 16.4 Å². The van der Waals surface area contributed by atoms with Gasteiger partial charge in [-0.2, -0.15) is 4.31 Å². The Kier molecular flexibility index (Phi) is 7.47. The summed E-state index contributed by atoms with van der Waals surface area (Å²) in [5.41, 5.74) is -1.30. The summed E-state index contributed by atoms with van der Waals surface area (Å²) in [6.45, 7) is 1.88. The number of nitro groups is 1. The Morgan fingerprint density at radius 1 is 1.18 bits per heavy atom. The second-order valence-corrected chi connectivity index (χ2v) is 9.72. The van der Waals surface area contributed by atoms with Crippen molar-refractivity contribution in [3.05, 3.63) is 62.1 Å². The van der Waals surface area contributed by atoms with Gasteiger partial charge >= 0.3 is 5.97 Å². The van der Waals surface area contributed by atoms with Crippen LogP contribution in [0.2, 0.25) is 0 Å². The van der Waals surface area contributed by atoms with Gasteiger partial charge in [0.25, 0.3) is 11.2 Å². The lowest BCUT2D eigenvalue weighted by molar-refractivity contribution is -0.385. The molecule has 0 bridgehead atoms. The number of aromatic nitrogens is 1. The smallest absolute Gasteiger partial charge is 0.343 e. The van der Waals surface area contributed by atoms with Gasteiger partial charge < -0.3 is 10.1 Å². The number of anilines is 1. The highest BCUT2D eigenvalue weighted by Crippen LogP contribution is 2.25. The Balaban J connectivity index is 1.87. The van der Waals surface area contributed by atoms with Crippen molar-refractivity contribution in [3.8, 4) is 0 Å². The van der Waals surface area contributed by atoms with E-state index < -0.39 is 50.2 Å². The molecular formula is C21H24N4O8S. The topological polar surface area (TPSA) is 158 Å². The first-order valence-electron chi connectivity index (χ1n) is 10.4. The average molecular weight is 493 g/mol. The number of hydrogen-bond donors (Lipinski definition) is 1. The van der Waals surface area contributed by atoms with Crippen molar-refractivity contribution in [3.63, 3.8) is 0 Å². The predicted octanol–water partition coefficient (Wildman–Crippen LogP) is 1.66. The van der Waals surface area contributed by atoms with Crippen LogP contribution >= 0.6 is 0 Å². The molecule has 13 heteroatoms. The molecule has 182 valence electrons. The Labute approximate surface area is 195 Å². The molecule has 0 saturated carbocycles. The Morgan fingerprint density at radius 3 is 2.47 bits per heavy atom. The van der Waals surface area contributed by atoms with Gasteiger partial charge in [0.15, 0.2) is 0 Å². The van der Waals surface area contributed by atoms with Gasteiger partial charge in [-0.1, -0.05) is 12.5 Å². The molecule has 34 heavy (non-hydrogen) atoms. The van der Waals surface area contributed by atoms with Crippen LogP contribution in [0.25, 0.3) is 0 Å². The number of hydrogen-bond acceptors (Lipinski definition) is 8. The van der Waals surface area contributed by atoms with Gasteiger partial charge in [0.05, 0.1) is 23.1 Å².